The molecular formula is C13H20N6O5. The molecule has 3 heterocycles. The maximum Gasteiger partial charge on any atom is 0.410 e. The molecule has 2 fully saturated rings. The fourth-order valence-electron chi connectivity index (χ4n) is 2.52. The molecule has 0 N–H and O–H groups in total. The molecule has 2 aliphatic heterocycles. The van der Waals surface area contributed by atoms with E-state index in [2.05, 4.69) is 15.4 Å². The van der Waals surface area contributed by atoms with E-state index in [1.807, 2.05) is 0 Å². The quantitative estimate of drug-likeness (QED) is 0.626. The number of nitrogens with zero attached hydrogens (tertiary/aromatic N) is 6. The van der Waals surface area contributed by atoms with E-state index >= 15 is 0 Å². The number of amides is 2. The molecule has 11 heteroatoms. The normalized spacial score (nSPS) is 21.2. The molecule has 0 radical (unpaired) electrons. The Bertz CT molecular complexity index is 593. The van der Waals surface area contributed by atoms with Crippen molar-refractivity contribution < 1.29 is 23.8 Å². The Kier molecular flexibility index (Phi) is 5.20. The van der Waals surface area contributed by atoms with Gasteiger partial charge in [0.05, 0.1) is 32.8 Å². The van der Waals surface area contributed by atoms with Gasteiger partial charge >= 0.3 is 6.09 Å². The summed E-state index contributed by atoms with van der Waals surface area (Å²) in [5, 5.41) is 12.2. The van der Waals surface area contributed by atoms with Crippen molar-refractivity contribution in [3.8, 4) is 0 Å². The number of methoxy groups -OCH3 is 1. The second-order valence-corrected chi connectivity index (χ2v) is 5.47. The van der Waals surface area contributed by atoms with Crippen LogP contribution < -0.4 is 0 Å². The fraction of sp³-hybridized carbons (Fsp3) is 0.769. The second kappa shape index (κ2) is 7.53. The zero-order valence-electron chi connectivity index (χ0n) is 13.5. The van der Waals surface area contributed by atoms with E-state index in [9.17, 15) is 9.59 Å². The van der Waals surface area contributed by atoms with Gasteiger partial charge in [0, 0.05) is 13.7 Å². The highest BCUT2D eigenvalue weighted by Gasteiger charge is 2.31. The third-order valence-electron chi connectivity index (χ3n) is 3.84. The van der Waals surface area contributed by atoms with E-state index in [0.29, 0.717) is 51.8 Å². The molecule has 1 atom stereocenters. The fourth-order valence-corrected chi connectivity index (χ4v) is 2.52. The summed E-state index contributed by atoms with van der Waals surface area (Å²) < 4.78 is 15.4. The molecule has 0 bridgehead atoms. The second-order valence-electron chi connectivity index (χ2n) is 5.47. The minimum absolute atomic E-state index is 0.0134. The van der Waals surface area contributed by atoms with Crippen molar-refractivity contribution in [3.63, 3.8) is 0 Å². The van der Waals surface area contributed by atoms with Gasteiger partial charge in [-0.25, -0.2) is 4.79 Å². The summed E-state index contributed by atoms with van der Waals surface area (Å²) >= 11 is 0. The van der Waals surface area contributed by atoms with Crippen LogP contribution in [0.25, 0.3) is 0 Å². The Hall–Kier alpha value is -2.27. The molecule has 24 heavy (non-hydrogen) atoms. The zero-order chi connectivity index (χ0) is 16.9. The number of hydrogen-bond acceptors (Lipinski definition) is 8. The lowest BCUT2D eigenvalue weighted by Gasteiger charge is -2.32. The van der Waals surface area contributed by atoms with Gasteiger partial charge < -0.3 is 19.1 Å². The van der Waals surface area contributed by atoms with Gasteiger partial charge in [-0.05, 0) is 5.21 Å². The highest BCUT2D eigenvalue weighted by Crippen LogP contribution is 2.19. The molecule has 0 aliphatic carbocycles. The topological polar surface area (TPSA) is 112 Å². The lowest BCUT2D eigenvalue weighted by atomic mass is 10.2. The van der Waals surface area contributed by atoms with Crippen LogP contribution in [0, 0.1) is 0 Å². The first kappa shape index (κ1) is 16.6. The van der Waals surface area contributed by atoms with E-state index in [0.717, 1.165) is 0 Å². The van der Waals surface area contributed by atoms with E-state index in [-0.39, 0.29) is 12.5 Å². The third kappa shape index (κ3) is 3.79. The summed E-state index contributed by atoms with van der Waals surface area (Å²) in [6.07, 6.45) is -0.875. The first-order valence-electron chi connectivity index (χ1n) is 7.75. The van der Waals surface area contributed by atoms with Crippen molar-refractivity contribution >= 4 is 12.0 Å². The van der Waals surface area contributed by atoms with E-state index in [1.54, 1.807) is 12.0 Å². The molecule has 2 amide bonds. The molecule has 0 unspecified atom stereocenters. The van der Waals surface area contributed by atoms with E-state index in [4.69, 9.17) is 14.2 Å². The van der Waals surface area contributed by atoms with E-state index in [1.165, 1.54) is 9.70 Å². The SMILES string of the molecule is COCCn1nnc([C@H]2CN(C(=O)CN3CCOC3=O)CCO2)n1. The highest BCUT2D eigenvalue weighted by molar-refractivity contribution is 5.83. The summed E-state index contributed by atoms with van der Waals surface area (Å²) in [4.78, 5) is 28.3. The number of ether oxygens (including phenoxy) is 3. The number of cyclic esters (lactones) is 1. The van der Waals surface area contributed by atoms with Crippen molar-refractivity contribution in [1.82, 2.24) is 30.0 Å². The van der Waals surface area contributed by atoms with Crippen LogP contribution in [0.2, 0.25) is 0 Å². The molecule has 2 saturated heterocycles. The minimum Gasteiger partial charge on any atom is -0.448 e. The first-order chi connectivity index (χ1) is 11.7. The standard InChI is InChI=1S/C13H20N6O5/c1-22-5-4-19-15-12(14-16-19)10-8-17(2-6-23-10)11(20)9-18-3-7-24-13(18)21/h10H,2-9H2,1H3/t10-/m1/s1. The summed E-state index contributed by atoms with van der Waals surface area (Å²) in [7, 11) is 1.60. The zero-order valence-corrected chi connectivity index (χ0v) is 13.5. The van der Waals surface area contributed by atoms with Gasteiger partial charge in [-0.1, -0.05) is 0 Å². The molecule has 0 saturated carbocycles. The molecule has 132 valence electrons. The van der Waals surface area contributed by atoms with Gasteiger partial charge in [0.2, 0.25) is 11.7 Å². The lowest BCUT2D eigenvalue weighted by molar-refractivity contribution is -0.139. The van der Waals surface area contributed by atoms with Gasteiger partial charge in [0.1, 0.15) is 19.3 Å². The van der Waals surface area contributed by atoms with Crippen molar-refractivity contribution in [2.24, 2.45) is 0 Å². The van der Waals surface area contributed by atoms with Crippen molar-refractivity contribution in [2.75, 3.05) is 53.1 Å². The molecular weight excluding hydrogens is 320 g/mol. The Balaban J connectivity index is 1.56. The van der Waals surface area contributed by atoms with Crippen LogP contribution in [0.1, 0.15) is 11.9 Å². The maximum absolute atomic E-state index is 12.4. The Labute approximate surface area is 138 Å². The van der Waals surface area contributed by atoms with Crippen molar-refractivity contribution in [2.45, 2.75) is 12.6 Å². The highest BCUT2D eigenvalue weighted by atomic mass is 16.6. The number of carbonyl (C=O) groups is 2. The number of hydrogen-bond donors (Lipinski definition) is 0. The van der Waals surface area contributed by atoms with Gasteiger partial charge in [-0.2, -0.15) is 4.80 Å². The Morgan fingerprint density at radius 1 is 1.38 bits per heavy atom. The summed E-state index contributed by atoms with van der Waals surface area (Å²) in [5.74, 6) is 0.290. The third-order valence-corrected chi connectivity index (χ3v) is 3.84. The molecule has 11 nitrogen and oxygen atoms in total. The number of morpholine rings is 1. The molecule has 0 spiro atoms. The molecule has 0 aromatic carbocycles. The predicted molar refractivity (Wildman–Crippen MR) is 77.9 cm³/mol. The Morgan fingerprint density at radius 2 is 2.25 bits per heavy atom. The van der Waals surface area contributed by atoms with Crippen LogP contribution in [0.4, 0.5) is 4.79 Å². The number of aromatic nitrogens is 4. The smallest absolute Gasteiger partial charge is 0.410 e. The summed E-state index contributed by atoms with van der Waals surface area (Å²) in [6, 6.07) is 0. The maximum atomic E-state index is 12.4. The van der Waals surface area contributed by atoms with Gasteiger partial charge in [-0.3, -0.25) is 9.69 Å². The number of carbonyl (C=O) groups excluding carboxylic acids is 2. The molecule has 1 aromatic rings. The molecule has 1 aromatic heterocycles. The largest absolute Gasteiger partial charge is 0.448 e. The molecule has 2 aliphatic rings. The van der Waals surface area contributed by atoms with Crippen LogP contribution in [0.5, 0.6) is 0 Å². The van der Waals surface area contributed by atoms with Crippen LogP contribution in [0.3, 0.4) is 0 Å². The first-order valence-corrected chi connectivity index (χ1v) is 7.75. The predicted octanol–water partition coefficient (Wildman–Crippen LogP) is -1.33. The van der Waals surface area contributed by atoms with Crippen molar-refractivity contribution in [3.05, 3.63) is 5.82 Å². The van der Waals surface area contributed by atoms with Crippen LogP contribution >= 0.6 is 0 Å². The van der Waals surface area contributed by atoms with Gasteiger partial charge in [-0.15, -0.1) is 10.2 Å². The van der Waals surface area contributed by atoms with Crippen LogP contribution in [0.15, 0.2) is 0 Å². The summed E-state index contributed by atoms with van der Waals surface area (Å²) in [5.41, 5.74) is 0. The van der Waals surface area contributed by atoms with Crippen molar-refractivity contribution in [1.29, 1.82) is 0 Å². The summed E-state index contributed by atoms with van der Waals surface area (Å²) in [6.45, 7) is 2.94. The van der Waals surface area contributed by atoms with Crippen LogP contribution in [-0.2, 0) is 25.5 Å². The monoisotopic (exact) mass is 340 g/mol. The van der Waals surface area contributed by atoms with Crippen LogP contribution in [-0.4, -0.2) is 95.1 Å². The Morgan fingerprint density at radius 3 is 3.00 bits per heavy atom. The number of rotatable bonds is 6. The van der Waals surface area contributed by atoms with Gasteiger partial charge in [0.25, 0.3) is 0 Å². The average Bonchev–Trinajstić information content (AvgIpc) is 3.23. The average molecular weight is 340 g/mol. The lowest BCUT2D eigenvalue weighted by Crippen LogP contribution is -2.47. The minimum atomic E-state index is -0.448. The van der Waals surface area contributed by atoms with Gasteiger partial charge in [0.15, 0.2) is 0 Å². The molecule has 3 rings (SSSR count). The van der Waals surface area contributed by atoms with E-state index < -0.39 is 12.2 Å². The number of tetrazole rings is 1.